The summed E-state index contributed by atoms with van der Waals surface area (Å²) in [6.07, 6.45) is -5.91. The second kappa shape index (κ2) is 13.6. The third-order valence-corrected chi connectivity index (χ3v) is 11.9. The van der Waals surface area contributed by atoms with Crippen LogP contribution in [0.3, 0.4) is 0 Å². The summed E-state index contributed by atoms with van der Waals surface area (Å²) >= 11 is 0. The van der Waals surface area contributed by atoms with Gasteiger partial charge in [-0.3, -0.25) is 4.79 Å². The van der Waals surface area contributed by atoms with Gasteiger partial charge in [-0.2, -0.15) is 13.2 Å². The molecule has 11 heteroatoms. The van der Waals surface area contributed by atoms with E-state index in [2.05, 4.69) is 5.32 Å². The van der Waals surface area contributed by atoms with Gasteiger partial charge >= 0.3 is 18.2 Å². The van der Waals surface area contributed by atoms with Crippen LogP contribution in [0.1, 0.15) is 64.7 Å². The molecule has 0 saturated carbocycles. The van der Waals surface area contributed by atoms with Crippen molar-refractivity contribution in [1.82, 2.24) is 5.32 Å². The molecular formula is C31H43F4NO5Si. The highest BCUT2D eigenvalue weighted by Gasteiger charge is 2.42. The van der Waals surface area contributed by atoms with Gasteiger partial charge in [-0.05, 0) is 93.6 Å². The van der Waals surface area contributed by atoms with Crippen molar-refractivity contribution in [2.24, 2.45) is 5.92 Å². The predicted molar refractivity (Wildman–Crippen MR) is 156 cm³/mol. The van der Waals surface area contributed by atoms with Gasteiger partial charge in [-0.25, -0.2) is 9.18 Å². The van der Waals surface area contributed by atoms with Crippen LogP contribution in [0.4, 0.5) is 22.4 Å². The summed E-state index contributed by atoms with van der Waals surface area (Å²) in [7, 11) is -2.55. The molecule has 0 aliphatic rings. The minimum absolute atomic E-state index is 0.0372. The Morgan fingerprint density at radius 3 is 1.83 bits per heavy atom. The molecule has 0 heterocycles. The SMILES string of the molecule is CC(C)(C)OC(=O)NC(Cc1ccc(F)cc1)C(CC(Cc1ccc(C(F)(F)F)cc1)C(=O)O)O[Si](C)(C)C(C)(C)C. The second-order valence-electron chi connectivity index (χ2n) is 13.2. The Labute approximate surface area is 246 Å². The zero-order valence-electron chi connectivity index (χ0n) is 25.6. The van der Waals surface area contributed by atoms with Gasteiger partial charge in [0.2, 0.25) is 0 Å². The number of carbonyl (C=O) groups is 2. The minimum Gasteiger partial charge on any atom is -0.481 e. The van der Waals surface area contributed by atoms with Gasteiger partial charge in [-0.1, -0.05) is 45.0 Å². The molecule has 0 spiro atoms. The molecule has 2 aromatic rings. The van der Waals surface area contributed by atoms with E-state index in [-0.39, 0.29) is 24.3 Å². The molecule has 0 bridgehead atoms. The Balaban J connectivity index is 2.50. The topological polar surface area (TPSA) is 84.9 Å². The zero-order valence-corrected chi connectivity index (χ0v) is 26.6. The van der Waals surface area contributed by atoms with Crippen molar-refractivity contribution < 1.29 is 41.4 Å². The molecule has 0 aliphatic carbocycles. The Kier molecular flexibility index (Phi) is 11.4. The summed E-state index contributed by atoms with van der Waals surface area (Å²) in [5, 5.41) is 12.8. The molecule has 2 aromatic carbocycles. The molecule has 0 aliphatic heterocycles. The van der Waals surface area contributed by atoms with Crippen LogP contribution >= 0.6 is 0 Å². The largest absolute Gasteiger partial charge is 0.481 e. The zero-order chi connectivity index (χ0) is 32.1. The summed E-state index contributed by atoms with van der Waals surface area (Å²) in [6, 6.07) is 9.42. The van der Waals surface area contributed by atoms with Crippen LogP contribution in [0.25, 0.3) is 0 Å². The maximum absolute atomic E-state index is 13.7. The van der Waals surface area contributed by atoms with Crippen LogP contribution in [0.15, 0.2) is 48.5 Å². The fraction of sp³-hybridized carbons (Fsp3) is 0.548. The summed E-state index contributed by atoms with van der Waals surface area (Å²) < 4.78 is 65.1. The van der Waals surface area contributed by atoms with Crippen molar-refractivity contribution in [3.63, 3.8) is 0 Å². The normalized spacial score (nSPS) is 15.0. The number of carboxylic acid groups (broad SMARTS) is 1. The lowest BCUT2D eigenvalue weighted by atomic mass is 9.89. The summed E-state index contributed by atoms with van der Waals surface area (Å²) in [4.78, 5) is 25.4. The number of alkyl carbamates (subject to hydrolysis) is 1. The highest BCUT2D eigenvalue weighted by atomic mass is 28.4. The first kappa shape index (κ1) is 35.3. The molecule has 0 fully saturated rings. The Morgan fingerprint density at radius 2 is 1.38 bits per heavy atom. The van der Waals surface area contributed by atoms with Gasteiger partial charge in [0.1, 0.15) is 11.4 Å². The molecule has 2 rings (SSSR count). The quantitative estimate of drug-likeness (QED) is 0.198. The molecular weight excluding hydrogens is 570 g/mol. The molecule has 0 saturated heterocycles. The summed E-state index contributed by atoms with van der Waals surface area (Å²) in [5.41, 5.74) is -0.502. The minimum atomic E-state index is -4.51. The number of halogens is 4. The van der Waals surface area contributed by atoms with Gasteiger partial charge in [0.25, 0.3) is 0 Å². The maximum Gasteiger partial charge on any atom is 0.416 e. The Hall–Kier alpha value is -2.92. The molecule has 6 nitrogen and oxygen atoms in total. The lowest BCUT2D eigenvalue weighted by molar-refractivity contribution is -0.143. The molecule has 1 amide bonds. The van der Waals surface area contributed by atoms with Crippen molar-refractivity contribution in [3.8, 4) is 0 Å². The Morgan fingerprint density at radius 1 is 0.881 bits per heavy atom. The van der Waals surface area contributed by atoms with Crippen LogP contribution in [0.5, 0.6) is 0 Å². The number of nitrogens with one attached hydrogen (secondary N) is 1. The number of ether oxygens (including phenoxy) is 1. The van der Waals surface area contributed by atoms with Crippen molar-refractivity contribution in [1.29, 1.82) is 0 Å². The van der Waals surface area contributed by atoms with Crippen LogP contribution in [0, 0.1) is 11.7 Å². The number of hydrogen-bond donors (Lipinski definition) is 2. The molecule has 42 heavy (non-hydrogen) atoms. The first-order chi connectivity index (χ1) is 19.1. The van der Waals surface area contributed by atoms with Gasteiger partial charge in [0, 0.05) is 0 Å². The molecule has 3 unspecified atom stereocenters. The standard InChI is InChI=1S/C31H43F4NO5Si/c1-29(2,3)40-28(39)36-25(18-21-11-15-24(32)16-12-21)26(41-42(7,8)30(4,5)6)19-22(27(37)38)17-20-9-13-23(14-10-20)31(33,34)35/h9-16,22,25-26H,17-19H2,1-8H3,(H,36,39)(H,37,38). The van der Waals surface area contributed by atoms with Crippen LogP contribution in [-0.2, 0) is 33.0 Å². The van der Waals surface area contributed by atoms with Gasteiger partial charge in [0.05, 0.1) is 23.6 Å². The molecule has 0 aromatic heterocycles. The fourth-order valence-corrected chi connectivity index (χ4v) is 5.50. The Bertz CT molecular complexity index is 1190. The van der Waals surface area contributed by atoms with Crippen molar-refractivity contribution in [2.45, 2.75) is 103 Å². The third kappa shape index (κ3) is 11.1. The van der Waals surface area contributed by atoms with Crippen LogP contribution < -0.4 is 5.32 Å². The number of rotatable bonds is 11. The van der Waals surface area contributed by atoms with Crippen molar-refractivity contribution >= 4 is 20.4 Å². The summed E-state index contributed by atoms with van der Waals surface area (Å²) in [6.45, 7) is 15.3. The third-order valence-electron chi connectivity index (χ3n) is 7.40. The average molecular weight is 614 g/mol. The fourth-order valence-electron chi connectivity index (χ4n) is 4.12. The number of aliphatic carboxylic acids is 1. The summed E-state index contributed by atoms with van der Waals surface area (Å²) in [5.74, 6) is -2.60. The smallest absolute Gasteiger partial charge is 0.416 e. The van der Waals surface area contributed by atoms with E-state index in [0.29, 0.717) is 11.1 Å². The highest BCUT2D eigenvalue weighted by molar-refractivity contribution is 6.74. The van der Waals surface area contributed by atoms with E-state index in [1.54, 1.807) is 32.9 Å². The van der Waals surface area contributed by atoms with Gasteiger partial charge in [0.15, 0.2) is 8.32 Å². The monoisotopic (exact) mass is 613 g/mol. The van der Waals surface area contributed by atoms with E-state index in [9.17, 15) is 32.3 Å². The molecule has 2 N–H and O–H groups in total. The number of benzene rings is 2. The first-order valence-electron chi connectivity index (χ1n) is 13.9. The molecule has 3 atom stereocenters. The van der Waals surface area contributed by atoms with E-state index in [1.807, 2.05) is 33.9 Å². The lowest BCUT2D eigenvalue weighted by Gasteiger charge is -2.42. The van der Waals surface area contributed by atoms with E-state index in [1.165, 1.54) is 24.3 Å². The van der Waals surface area contributed by atoms with Gasteiger partial charge < -0.3 is 19.6 Å². The number of carbonyl (C=O) groups excluding carboxylic acids is 1. The van der Waals surface area contributed by atoms with Gasteiger partial charge in [-0.15, -0.1) is 0 Å². The second-order valence-corrected chi connectivity index (χ2v) is 17.9. The van der Waals surface area contributed by atoms with Crippen LogP contribution in [0.2, 0.25) is 18.1 Å². The number of amides is 1. The van der Waals surface area contributed by atoms with E-state index >= 15 is 0 Å². The van der Waals surface area contributed by atoms with E-state index in [0.717, 1.165) is 12.1 Å². The van der Waals surface area contributed by atoms with Crippen molar-refractivity contribution in [3.05, 3.63) is 71.0 Å². The van der Waals surface area contributed by atoms with Crippen molar-refractivity contribution in [2.75, 3.05) is 0 Å². The predicted octanol–water partition coefficient (Wildman–Crippen LogP) is 8.00. The van der Waals surface area contributed by atoms with E-state index < -0.39 is 61.6 Å². The molecule has 0 radical (unpaired) electrons. The number of hydrogen-bond acceptors (Lipinski definition) is 4. The molecule has 234 valence electrons. The lowest BCUT2D eigenvalue weighted by Crippen LogP contribution is -2.54. The average Bonchev–Trinajstić information content (AvgIpc) is 2.81. The first-order valence-corrected chi connectivity index (χ1v) is 16.8. The number of alkyl halides is 3. The number of carboxylic acids is 1. The maximum atomic E-state index is 13.7. The van der Waals surface area contributed by atoms with E-state index in [4.69, 9.17) is 9.16 Å². The highest BCUT2D eigenvalue weighted by Crippen LogP contribution is 2.39. The van der Waals surface area contributed by atoms with Crippen LogP contribution in [-0.4, -0.2) is 43.2 Å².